The summed E-state index contributed by atoms with van der Waals surface area (Å²) in [6.45, 7) is 6.25. The van der Waals surface area contributed by atoms with Crippen molar-refractivity contribution in [2.45, 2.75) is 25.0 Å². The van der Waals surface area contributed by atoms with Crippen LogP contribution in [0.3, 0.4) is 0 Å². The highest BCUT2D eigenvalue weighted by Gasteiger charge is 2.29. The molecule has 3 fully saturated rings. The van der Waals surface area contributed by atoms with Crippen LogP contribution < -0.4 is 15.0 Å². The van der Waals surface area contributed by atoms with Crippen LogP contribution in [0.4, 0.5) is 17.3 Å². The zero-order valence-electron chi connectivity index (χ0n) is 23.4. The van der Waals surface area contributed by atoms with Gasteiger partial charge in [-0.15, -0.1) is 0 Å². The quantitative estimate of drug-likeness (QED) is 0.411. The van der Waals surface area contributed by atoms with Gasteiger partial charge in [-0.2, -0.15) is 10.2 Å². The summed E-state index contributed by atoms with van der Waals surface area (Å²) in [7, 11) is 0. The fraction of sp³-hybridized carbons (Fsp3) is 0.433. The summed E-state index contributed by atoms with van der Waals surface area (Å²) in [6.07, 6.45) is 2.72. The number of piperidine rings is 1. The number of hydrogen-bond acceptors (Lipinski definition) is 11. The fourth-order valence-corrected chi connectivity index (χ4v) is 5.56. The lowest BCUT2D eigenvalue weighted by atomic mass is 10.1. The Morgan fingerprint density at radius 1 is 1.10 bits per heavy atom. The number of nitrogens with zero attached hydrogens (tertiary/aromatic N) is 7. The molecule has 218 valence electrons. The van der Waals surface area contributed by atoms with Crippen molar-refractivity contribution in [2.75, 3.05) is 69.3 Å². The van der Waals surface area contributed by atoms with E-state index in [1.807, 2.05) is 12.1 Å². The van der Waals surface area contributed by atoms with Crippen molar-refractivity contribution in [3.63, 3.8) is 0 Å². The number of carbonyl (C=O) groups is 1. The summed E-state index contributed by atoms with van der Waals surface area (Å²) < 4.78 is 11.4. The number of aromatic nitrogens is 3. The highest BCUT2D eigenvalue weighted by Crippen LogP contribution is 2.28. The SMILES string of the molecule is N#Cc1cc(-c2ncnc(Nc3ccc(N4CCN(C5COC5)CC4)cc3)n2)ccc1OC1CCCN(C(=O)CO)C1. The van der Waals surface area contributed by atoms with Crippen LogP contribution in [0.1, 0.15) is 18.4 Å². The molecule has 0 spiro atoms. The molecule has 0 radical (unpaired) electrons. The molecule has 3 saturated heterocycles. The number of aliphatic hydroxyl groups excluding tert-OH is 1. The normalized spacial score (nSPS) is 19.6. The van der Waals surface area contributed by atoms with E-state index in [4.69, 9.17) is 9.47 Å². The molecule has 3 aliphatic rings. The topological polar surface area (TPSA) is 140 Å². The van der Waals surface area contributed by atoms with Gasteiger partial charge in [0.05, 0.1) is 31.4 Å². The van der Waals surface area contributed by atoms with Gasteiger partial charge < -0.3 is 29.7 Å². The Kier molecular flexibility index (Phi) is 8.41. The Labute approximate surface area is 244 Å². The average Bonchev–Trinajstić information content (AvgIpc) is 3.01. The van der Waals surface area contributed by atoms with E-state index >= 15 is 0 Å². The van der Waals surface area contributed by atoms with Crippen LogP contribution in [0.5, 0.6) is 5.75 Å². The summed E-state index contributed by atoms with van der Waals surface area (Å²) in [6, 6.07) is 16.3. The molecule has 0 bridgehead atoms. The number of nitrogens with one attached hydrogen (secondary N) is 1. The number of hydrogen-bond donors (Lipinski definition) is 2. The molecule has 2 aromatic carbocycles. The van der Waals surface area contributed by atoms with Crippen molar-refractivity contribution in [2.24, 2.45) is 0 Å². The first-order valence-corrected chi connectivity index (χ1v) is 14.3. The second-order valence-electron chi connectivity index (χ2n) is 10.7. The fourth-order valence-electron chi connectivity index (χ4n) is 5.56. The van der Waals surface area contributed by atoms with Crippen molar-refractivity contribution in [3.05, 3.63) is 54.4 Å². The molecule has 3 aromatic rings. The van der Waals surface area contributed by atoms with E-state index in [0.29, 0.717) is 47.8 Å². The zero-order chi connectivity index (χ0) is 28.9. The first-order chi connectivity index (χ1) is 20.6. The van der Waals surface area contributed by atoms with Gasteiger partial charge in [0.15, 0.2) is 5.82 Å². The minimum atomic E-state index is -0.520. The summed E-state index contributed by atoms with van der Waals surface area (Å²) >= 11 is 0. The molecule has 3 aliphatic heterocycles. The maximum atomic E-state index is 11.9. The van der Waals surface area contributed by atoms with Gasteiger partial charge in [-0.1, -0.05) is 0 Å². The van der Waals surface area contributed by atoms with Gasteiger partial charge in [0.25, 0.3) is 0 Å². The Balaban J connectivity index is 1.08. The number of rotatable bonds is 8. The van der Waals surface area contributed by atoms with Crippen LogP contribution >= 0.6 is 0 Å². The third-order valence-corrected chi connectivity index (χ3v) is 8.03. The highest BCUT2D eigenvalue weighted by molar-refractivity contribution is 5.77. The van der Waals surface area contributed by atoms with E-state index in [9.17, 15) is 15.2 Å². The second kappa shape index (κ2) is 12.7. The molecular formula is C30H34N8O4. The summed E-state index contributed by atoms with van der Waals surface area (Å²) in [5, 5.41) is 22.2. The molecule has 0 saturated carbocycles. The van der Waals surface area contributed by atoms with Gasteiger partial charge in [-0.05, 0) is 55.3 Å². The molecule has 4 heterocycles. The minimum Gasteiger partial charge on any atom is -0.487 e. The lowest BCUT2D eigenvalue weighted by Gasteiger charge is -2.43. The number of anilines is 3. The summed E-state index contributed by atoms with van der Waals surface area (Å²) in [5.41, 5.74) is 3.07. The van der Waals surface area contributed by atoms with Crippen LogP contribution in [-0.4, -0.2) is 107 Å². The van der Waals surface area contributed by atoms with Crippen molar-refractivity contribution in [3.8, 4) is 23.2 Å². The van der Waals surface area contributed by atoms with Gasteiger partial charge in [0.2, 0.25) is 11.9 Å². The van der Waals surface area contributed by atoms with Crippen LogP contribution in [0.25, 0.3) is 11.4 Å². The number of nitriles is 1. The molecule has 0 aliphatic carbocycles. The molecule has 1 atom stereocenters. The van der Waals surface area contributed by atoms with Gasteiger partial charge >= 0.3 is 0 Å². The zero-order valence-corrected chi connectivity index (χ0v) is 23.4. The minimum absolute atomic E-state index is 0.251. The maximum absolute atomic E-state index is 11.9. The van der Waals surface area contributed by atoms with E-state index in [2.05, 4.69) is 48.3 Å². The number of piperazine rings is 1. The van der Waals surface area contributed by atoms with Crippen LogP contribution in [-0.2, 0) is 9.53 Å². The molecule has 12 heteroatoms. The van der Waals surface area contributed by atoms with Crippen LogP contribution in [0.2, 0.25) is 0 Å². The lowest BCUT2D eigenvalue weighted by molar-refractivity contribution is -0.136. The Hall–Kier alpha value is -4.31. The number of aliphatic hydroxyl groups is 1. The number of amides is 1. The molecule has 2 N–H and O–H groups in total. The number of ether oxygens (including phenoxy) is 2. The monoisotopic (exact) mass is 570 g/mol. The summed E-state index contributed by atoms with van der Waals surface area (Å²) in [5.74, 6) is 0.955. The molecule has 1 unspecified atom stereocenters. The smallest absolute Gasteiger partial charge is 0.248 e. The molecule has 42 heavy (non-hydrogen) atoms. The van der Waals surface area contributed by atoms with Crippen LogP contribution in [0, 0.1) is 11.3 Å². The van der Waals surface area contributed by atoms with E-state index in [-0.39, 0.29) is 12.0 Å². The van der Waals surface area contributed by atoms with Gasteiger partial charge in [0, 0.05) is 49.7 Å². The third kappa shape index (κ3) is 6.28. The van der Waals surface area contributed by atoms with E-state index in [1.165, 1.54) is 12.0 Å². The first-order valence-electron chi connectivity index (χ1n) is 14.3. The van der Waals surface area contributed by atoms with Crippen LogP contribution in [0.15, 0.2) is 48.8 Å². The van der Waals surface area contributed by atoms with Gasteiger partial charge in [-0.3, -0.25) is 9.69 Å². The van der Waals surface area contributed by atoms with Gasteiger partial charge in [-0.25, -0.2) is 9.97 Å². The third-order valence-electron chi connectivity index (χ3n) is 8.03. The van der Waals surface area contributed by atoms with Gasteiger partial charge in [0.1, 0.15) is 30.9 Å². The van der Waals surface area contributed by atoms with Crippen molar-refractivity contribution in [1.29, 1.82) is 5.26 Å². The molecule has 1 amide bonds. The second-order valence-corrected chi connectivity index (χ2v) is 10.7. The molecule has 1 aromatic heterocycles. The lowest BCUT2D eigenvalue weighted by Crippen LogP contribution is -2.56. The highest BCUT2D eigenvalue weighted by atomic mass is 16.5. The number of likely N-dealkylation sites (tertiary alicyclic amines) is 1. The Morgan fingerprint density at radius 3 is 2.62 bits per heavy atom. The average molecular weight is 571 g/mol. The molecule has 6 rings (SSSR count). The van der Waals surface area contributed by atoms with Crippen molar-refractivity contribution in [1.82, 2.24) is 24.8 Å². The first kappa shape index (κ1) is 27.8. The van der Waals surface area contributed by atoms with E-state index in [1.54, 1.807) is 23.1 Å². The largest absolute Gasteiger partial charge is 0.487 e. The van der Waals surface area contributed by atoms with Crippen molar-refractivity contribution < 1.29 is 19.4 Å². The number of benzene rings is 2. The number of carbonyl (C=O) groups excluding carboxylic acids is 1. The standard InChI is InChI=1S/C30H34N8O4/c31-15-22-14-21(3-8-27(22)42-26-2-1-9-38(16-26)28(40)17-39)29-32-20-33-30(35-29)34-23-4-6-24(7-5-23)36-10-12-37(13-11-36)25-18-41-19-25/h3-8,14,20,25-26,39H,1-2,9-13,16-19H2,(H,32,33,34,35). The predicted octanol–water partition coefficient (Wildman–Crippen LogP) is 2.04. The Morgan fingerprint density at radius 2 is 1.90 bits per heavy atom. The van der Waals surface area contributed by atoms with E-state index in [0.717, 1.165) is 57.9 Å². The van der Waals surface area contributed by atoms with Crippen molar-refractivity contribution >= 4 is 23.2 Å². The summed E-state index contributed by atoms with van der Waals surface area (Å²) in [4.78, 5) is 31.6. The molecule has 12 nitrogen and oxygen atoms in total. The Bertz CT molecular complexity index is 1430. The predicted molar refractivity (Wildman–Crippen MR) is 155 cm³/mol. The molecular weight excluding hydrogens is 536 g/mol. The van der Waals surface area contributed by atoms with E-state index < -0.39 is 6.61 Å². The maximum Gasteiger partial charge on any atom is 0.248 e.